The van der Waals surface area contributed by atoms with Crippen molar-refractivity contribution >= 4 is 11.6 Å². The molecule has 0 amide bonds. The molecule has 1 heterocycles. The lowest BCUT2D eigenvalue weighted by Crippen LogP contribution is -2.23. The lowest BCUT2D eigenvalue weighted by Gasteiger charge is -2.18. The number of nitrogens with zero attached hydrogens (tertiary/aromatic N) is 1. The van der Waals surface area contributed by atoms with Gasteiger partial charge in [-0.25, -0.2) is 0 Å². The van der Waals surface area contributed by atoms with Crippen LogP contribution in [0, 0.1) is 5.92 Å². The summed E-state index contributed by atoms with van der Waals surface area (Å²) in [7, 11) is 0. The molecule has 0 aliphatic carbocycles. The van der Waals surface area contributed by atoms with Gasteiger partial charge in [0.25, 0.3) is 0 Å². The number of nitrogens with two attached hydrogens (primary N) is 1. The summed E-state index contributed by atoms with van der Waals surface area (Å²) in [5, 5.41) is 0.520. The molecule has 1 atom stereocenters. The van der Waals surface area contributed by atoms with E-state index in [9.17, 15) is 8.78 Å². The molecule has 2 rings (SSSR count). The van der Waals surface area contributed by atoms with Gasteiger partial charge in [0, 0.05) is 23.7 Å². The van der Waals surface area contributed by atoms with Gasteiger partial charge in [-0.2, -0.15) is 8.78 Å². The average molecular weight is 291 g/mol. The number of likely N-dealkylation sites (tertiary alicyclic amines) is 1. The largest absolute Gasteiger partial charge is 0.434 e. The van der Waals surface area contributed by atoms with Gasteiger partial charge < -0.3 is 10.5 Å². The molecule has 1 aromatic carbocycles. The van der Waals surface area contributed by atoms with Crippen LogP contribution in [0.2, 0.25) is 5.02 Å². The lowest BCUT2D eigenvalue weighted by molar-refractivity contribution is -0.0507. The number of rotatable bonds is 5. The zero-order chi connectivity index (χ0) is 13.8. The van der Waals surface area contributed by atoms with E-state index in [4.69, 9.17) is 17.3 Å². The fourth-order valence-electron chi connectivity index (χ4n) is 2.37. The first kappa shape index (κ1) is 14.5. The molecule has 1 fully saturated rings. The van der Waals surface area contributed by atoms with Crippen LogP contribution in [0.3, 0.4) is 0 Å². The summed E-state index contributed by atoms with van der Waals surface area (Å²) in [5.41, 5.74) is 6.32. The van der Waals surface area contributed by atoms with Crippen molar-refractivity contribution in [2.24, 2.45) is 11.7 Å². The van der Waals surface area contributed by atoms with Gasteiger partial charge in [-0.05, 0) is 43.6 Å². The van der Waals surface area contributed by atoms with E-state index in [2.05, 4.69) is 9.64 Å². The van der Waals surface area contributed by atoms with Gasteiger partial charge in [-0.15, -0.1) is 0 Å². The minimum absolute atomic E-state index is 0.190. The van der Waals surface area contributed by atoms with Crippen LogP contribution in [0.25, 0.3) is 0 Å². The molecule has 1 aliphatic rings. The van der Waals surface area contributed by atoms with Gasteiger partial charge in [0.15, 0.2) is 0 Å². The van der Waals surface area contributed by atoms with Crippen molar-refractivity contribution in [3.8, 4) is 5.75 Å². The van der Waals surface area contributed by atoms with E-state index in [1.807, 2.05) is 0 Å². The first-order chi connectivity index (χ1) is 9.08. The lowest BCUT2D eigenvalue weighted by atomic mass is 10.1. The Bertz CT molecular complexity index is 431. The zero-order valence-corrected chi connectivity index (χ0v) is 11.2. The van der Waals surface area contributed by atoms with E-state index in [1.165, 1.54) is 6.07 Å². The van der Waals surface area contributed by atoms with Crippen LogP contribution in [-0.4, -0.2) is 31.1 Å². The van der Waals surface area contributed by atoms with Crippen LogP contribution >= 0.6 is 11.6 Å². The standard InChI is InChI=1S/C13H17ClF2N2O/c14-11-1-2-12(19-13(15)16)10(5-11)8-18-4-3-9(6-17)7-18/h1-2,5,9,13H,3-4,6-8,17H2. The number of halogens is 3. The summed E-state index contributed by atoms with van der Waals surface area (Å²) in [6, 6.07) is 4.71. The van der Waals surface area contributed by atoms with Crippen LogP contribution < -0.4 is 10.5 Å². The Morgan fingerprint density at radius 2 is 2.26 bits per heavy atom. The molecule has 0 aromatic heterocycles. The van der Waals surface area contributed by atoms with E-state index >= 15 is 0 Å². The van der Waals surface area contributed by atoms with Crippen molar-refractivity contribution in [2.45, 2.75) is 19.6 Å². The minimum Gasteiger partial charge on any atom is -0.434 e. The van der Waals surface area contributed by atoms with Crippen LogP contribution in [0.1, 0.15) is 12.0 Å². The van der Waals surface area contributed by atoms with Crippen molar-refractivity contribution in [3.05, 3.63) is 28.8 Å². The summed E-state index contributed by atoms with van der Waals surface area (Å²) in [6.45, 7) is 0.195. The second-order valence-corrected chi connectivity index (χ2v) is 5.19. The van der Waals surface area contributed by atoms with Crippen LogP contribution in [0.4, 0.5) is 8.78 Å². The highest BCUT2D eigenvalue weighted by Crippen LogP contribution is 2.27. The van der Waals surface area contributed by atoms with Crippen molar-refractivity contribution in [1.29, 1.82) is 0 Å². The first-order valence-corrected chi connectivity index (χ1v) is 6.62. The topological polar surface area (TPSA) is 38.5 Å². The molecule has 0 radical (unpaired) electrons. The Labute approximate surface area is 116 Å². The highest BCUT2D eigenvalue weighted by atomic mass is 35.5. The summed E-state index contributed by atoms with van der Waals surface area (Å²) >= 11 is 5.91. The SMILES string of the molecule is NCC1CCN(Cc2cc(Cl)ccc2OC(F)F)C1. The molecule has 2 N–H and O–H groups in total. The van der Waals surface area contributed by atoms with E-state index in [0.717, 1.165) is 19.5 Å². The van der Waals surface area contributed by atoms with E-state index in [1.54, 1.807) is 12.1 Å². The maximum atomic E-state index is 12.3. The highest BCUT2D eigenvalue weighted by Gasteiger charge is 2.22. The predicted octanol–water partition coefficient (Wildman–Crippen LogP) is 2.72. The monoisotopic (exact) mass is 290 g/mol. The quantitative estimate of drug-likeness (QED) is 0.906. The van der Waals surface area contributed by atoms with E-state index in [0.29, 0.717) is 29.6 Å². The third kappa shape index (κ3) is 4.03. The Hall–Kier alpha value is -0.910. The highest BCUT2D eigenvalue weighted by molar-refractivity contribution is 6.30. The fourth-order valence-corrected chi connectivity index (χ4v) is 2.57. The van der Waals surface area contributed by atoms with Gasteiger partial charge in [0.05, 0.1) is 0 Å². The van der Waals surface area contributed by atoms with Gasteiger partial charge >= 0.3 is 6.61 Å². The second kappa shape index (κ2) is 6.50. The van der Waals surface area contributed by atoms with Gasteiger partial charge in [0.2, 0.25) is 0 Å². The van der Waals surface area contributed by atoms with Crippen molar-refractivity contribution in [2.75, 3.05) is 19.6 Å². The van der Waals surface area contributed by atoms with Crippen LogP contribution in [-0.2, 0) is 6.54 Å². The molecule has 1 saturated heterocycles. The van der Waals surface area contributed by atoms with Crippen LogP contribution in [0.5, 0.6) is 5.75 Å². The number of hydrogen-bond acceptors (Lipinski definition) is 3. The smallest absolute Gasteiger partial charge is 0.387 e. The molecule has 19 heavy (non-hydrogen) atoms. The second-order valence-electron chi connectivity index (χ2n) is 4.76. The van der Waals surface area contributed by atoms with Gasteiger partial charge in [-0.3, -0.25) is 4.90 Å². The molecular formula is C13H17ClF2N2O. The third-order valence-corrected chi connectivity index (χ3v) is 3.57. The van der Waals surface area contributed by atoms with Crippen molar-refractivity contribution in [1.82, 2.24) is 4.90 Å². The number of ether oxygens (including phenoxy) is 1. The first-order valence-electron chi connectivity index (χ1n) is 6.24. The van der Waals surface area contributed by atoms with Crippen LogP contribution in [0.15, 0.2) is 18.2 Å². The Morgan fingerprint density at radius 1 is 1.47 bits per heavy atom. The molecule has 106 valence electrons. The third-order valence-electron chi connectivity index (χ3n) is 3.34. The van der Waals surface area contributed by atoms with Crippen molar-refractivity contribution in [3.63, 3.8) is 0 Å². The maximum Gasteiger partial charge on any atom is 0.387 e. The Balaban J connectivity index is 2.08. The summed E-state index contributed by atoms with van der Waals surface area (Å²) < 4.78 is 29.2. The zero-order valence-electron chi connectivity index (χ0n) is 10.5. The maximum absolute atomic E-state index is 12.3. The number of alkyl halides is 2. The predicted molar refractivity (Wildman–Crippen MR) is 70.5 cm³/mol. The molecule has 3 nitrogen and oxygen atoms in total. The van der Waals surface area contributed by atoms with Crippen molar-refractivity contribution < 1.29 is 13.5 Å². The molecule has 1 aromatic rings. The summed E-state index contributed by atoms with van der Waals surface area (Å²) in [5.74, 6) is 0.675. The van der Waals surface area contributed by atoms with E-state index in [-0.39, 0.29) is 5.75 Å². The molecule has 1 aliphatic heterocycles. The van der Waals surface area contributed by atoms with Gasteiger partial charge in [-0.1, -0.05) is 11.6 Å². The Kier molecular flexibility index (Phi) is 4.96. The van der Waals surface area contributed by atoms with E-state index < -0.39 is 6.61 Å². The summed E-state index contributed by atoms with van der Waals surface area (Å²) in [6.07, 6.45) is 1.04. The number of benzene rings is 1. The fraction of sp³-hybridized carbons (Fsp3) is 0.538. The molecule has 0 saturated carbocycles. The minimum atomic E-state index is -2.82. The molecule has 0 spiro atoms. The molecular weight excluding hydrogens is 274 g/mol. The average Bonchev–Trinajstić information content (AvgIpc) is 2.80. The number of hydrogen-bond donors (Lipinski definition) is 1. The van der Waals surface area contributed by atoms with Gasteiger partial charge in [0.1, 0.15) is 5.75 Å². The molecule has 0 bridgehead atoms. The molecule has 1 unspecified atom stereocenters. The molecule has 6 heteroatoms. The summed E-state index contributed by atoms with van der Waals surface area (Å²) in [4.78, 5) is 2.18. The Morgan fingerprint density at radius 3 is 2.89 bits per heavy atom. The normalized spacial score (nSPS) is 20.2.